The van der Waals surface area contributed by atoms with Crippen LogP contribution in [0.5, 0.6) is 11.5 Å². The second kappa shape index (κ2) is 9.80. The molecule has 0 spiro atoms. The van der Waals surface area contributed by atoms with Crippen molar-refractivity contribution in [3.8, 4) is 33.9 Å². The highest BCUT2D eigenvalue weighted by molar-refractivity contribution is 7.22. The Morgan fingerprint density at radius 2 is 1.63 bits per heavy atom. The number of pyridine rings is 3. The van der Waals surface area contributed by atoms with Crippen LogP contribution in [0.2, 0.25) is 0 Å². The van der Waals surface area contributed by atoms with Crippen LogP contribution in [-0.4, -0.2) is 26.0 Å². The predicted octanol–water partition coefficient (Wildman–Crippen LogP) is 7.35. The van der Waals surface area contributed by atoms with Crippen LogP contribution >= 0.6 is 11.3 Å². The Bertz CT molecular complexity index is 1430. The molecule has 174 valence electrons. The summed E-state index contributed by atoms with van der Waals surface area (Å²) in [6.07, 6.45) is 15.3. The van der Waals surface area contributed by atoms with Crippen molar-refractivity contribution in [1.29, 1.82) is 0 Å². The van der Waals surface area contributed by atoms with E-state index in [2.05, 4.69) is 21.4 Å². The van der Waals surface area contributed by atoms with Crippen LogP contribution in [0.25, 0.3) is 32.6 Å². The predicted molar refractivity (Wildman–Crippen MR) is 141 cm³/mol. The molecule has 0 amide bonds. The smallest absolute Gasteiger partial charge is 0.184 e. The molecule has 4 heterocycles. The maximum absolute atomic E-state index is 6.26. The van der Waals surface area contributed by atoms with E-state index in [9.17, 15) is 0 Å². The number of fused-ring (bicyclic) bond motifs is 1. The zero-order valence-corrected chi connectivity index (χ0v) is 20.0. The van der Waals surface area contributed by atoms with Gasteiger partial charge in [0.2, 0.25) is 0 Å². The maximum Gasteiger partial charge on any atom is 0.184 e. The van der Waals surface area contributed by atoms with Crippen LogP contribution in [0.1, 0.15) is 32.1 Å². The van der Waals surface area contributed by atoms with E-state index in [-0.39, 0.29) is 0 Å². The minimum Gasteiger partial charge on any atom is -0.456 e. The van der Waals surface area contributed by atoms with Gasteiger partial charge in [-0.25, -0.2) is 4.98 Å². The van der Waals surface area contributed by atoms with Crippen LogP contribution < -0.4 is 10.1 Å². The minimum atomic E-state index is 0.537. The van der Waals surface area contributed by atoms with Gasteiger partial charge in [-0.1, -0.05) is 36.7 Å². The van der Waals surface area contributed by atoms with E-state index in [1.807, 2.05) is 54.9 Å². The van der Waals surface area contributed by atoms with E-state index in [0.29, 0.717) is 11.8 Å². The molecule has 0 aliphatic heterocycles. The van der Waals surface area contributed by atoms with E-state index >= 15 is 0 Å². The molecule has 0 radical (unpaired) electrons. The van der Waals surface area contributed by atoms with Crippen LogP contribution in [0.3, 0.4) is 0 Å². The fourth-order valence-corrected chi connectivity index (χ4v) is 5.54. The number of ether oxygens (including phenoxy) is 1. The molecule has 1 saturated carbocycles. The zero-order chi connectivity index (χ0) is 23.5. The van der Waals surface area contributed by atoms with Crippen LogP contribution in [0.15, 0.2) is 79.5 Å². The number of hydrogen-bond donors (Lipinski definition) is 1. The first-order chi connectivity index (χ1) is 17.3. The quantitative estimate of drug-likeness (QED) is 0.274. The Balaban J connectivity index is 1.28. The molecule has 1 fully saturated rings. The lowest BCUT2D eigenvalue weighted by molar-refractivity contribution is 0.462. The van der Waals surface area contributed by atoms with Gasteiger partial charge in [0.15, 0.2) is 5.13 Å². The zero-order valence-electron chi connectivity index (χ0n) is 19.2. The molecule has 35 heavy (non-hydrogen) atoms. The number of thiazole rings is 1. The SMILES string of the molecule is c1cncc(-c2cc(Oc3ccc4nc(NC5CCCCC5)sc4c3)cnc2-c2cccnc2)c1. The summed E-state index contributed by atoms with van der Waals surface area (Å²) in [5.74, 6) is 1.43. The second-order valence-electron chi connectivity index (χ2n) is 8.78. The van der Waals surface area contributed by atoms with Gasteiger partial charge >= 0.3 is 0 Å². The van der Waals surface area contributed by atoms with Crippen molar-refractivity contribution in [1.82, 2.24) is 19.9 Å². The van der Waals surface area contributed by atoms with Gasteiger partial charge in [0.1, 0.15) is 11.5 Å². The molecule has 7 heteroatoms. The number of nitrogens with zero attached hydrogens (tertiary/aromatic N) is 4. The number of nitrogens with one attached hydrogen (secondary N) is 1. The normalized spacial score (nSPS) is 14.2. The molecule has 1 aliphatic rings. The molecule has 1 aliphatic carbocycles. The molecule has 6 rings (SSSR count). The fourth-order valence-electron chi connectivity index (χ4n) is 4.56. The summed E-state index contributed by atoms with van der Waals surface area (Å²) in [4.78, 5) is 18.1. The van der Waals surface area contributed by atoms with Crippen molar-refractivity contribution in [2.24, 2.45) is 0 Å². The summed E-state index contributed by atoms with van der Waals surface area (Å²) in [6.45, 7) is 0. The molecule has 1 N–H and O–H groups in total. The lowest BCUT2D eigenvalue weighted by Gasteiger charge is -2.22. The first-order valence-electron chi connectivity index (χ1n) is 12.0. The van der Waals surface area contributed by atoms with Gasteiger partial charge in [-0.05, 0) is 49.2 Å². The number of anilines is 1. The third-order valence-electron chi connectivity index (χ3n) is 6.30. The van der Waals surface area contributed by atoms with Crippen LogP contribution in [0, 0.1) is 0 Å². The Hall–Kier alpha value is -3.84. The van der Waals surface area contributed by atoms with E-state index < -0.39 is 0 Å². The van der Waals surface area contributed by atoms with E-state index in [4.69, 9.17) is 14.7 Å². The Labute approximate surface area is 208 Å². The van der Waals surface area contributed by atoms with Gasteiger partial charge in [-0.15, -0.1) is 0 Å². The van der Waals surface area contributed by atoms with Gasteiger partial charge in [0.25, 0.3) is 0 Å². The van der Waals surface area contributed by atoms with E-state index in [0.717, 1.165) is 43.5 Å². The number of benzene rings is 1. The van der Waals surface area contributed by atoms with Crippen LogP contribution in [-0.2, 0) is 0 Å². The molecule has 4 aromatic heterocycles. The Morgan fingerprint density at radius 1 is 0.829 bits per heavy atom. The number of rotatable bonds is 6. The standard InChI is InChI=1S/C28H25N5OS/c1-2-8-21(9-3-1)32-28-33-25-11-10-22(15-26(25)35-28)34-23-14-24(19-6-4-12-29-16-19)27(31-18-23)20-7-5-13-30-17-20/h4-7,10-18,21H,1-3,8-9H2,(H,32,33). The third kappa shape index (κ3) is 4.86. The van der Waals surface area contributed by atoms with Crippen molar-refractivity contribution in [2.75, 3.05) is 5.32 Å². The summed E-state index contributed by atoms with van der Waals surface area (Å²) in [5.41, 5.74) is 4.70. The molecular weight excluding hydrogens is 454 g/mol. The van der Waals surface area contributed by atoms with E-state index in [1.165, 1.54) is 32.1 Å². The van der Waals surface area contributed by atoms with Gasteiger partial charge in [0, 0.05) is 53.6 Å². The summed E-state index contributed by atoms with van der Waals surface area (Å²) < 4.78 is 7.36. The fraction of sp³-hybridized carbons (Fsp3) is 0.214. The topological polar surface area (TPSA) is 72.8 Å². The molecule has 0 atom stereocenters. The molecule has 1 aromatic carbocycles. The van der Waals surface area contributed by atoms with Crippen molar-refractivity contribution in [2.45, 2.75) is 38.1 Å². The summed E-state index contributed by atoms with van der Waals surface area (Å²) in [5, 5.41) is 4.62. The summed E-state index contributed by atoms with van der Waals surface area (Å²) in [6, 6.07) is 16.5. The Kier molecular flexibility index (Phi) is 6.07. The first-order valence-corrected chi connectivity index (χ1v) is 12.8. The number of aromatic nitrogens is 4. The highest BCUT2D eigenvalue weighted by Crippen LogP contribution is 2.36. The van der Waals surface area contributed by atoms with Crippen molar-refractivity contribution < 1.29 is 4.74 Å². The van der Waals surface area contributed by atoms with Gasteiger partial charge in [-0.2, -0.15) is 0 Å². The lowest BCUT2D eigenvalue weighted by Crippen LogP contribution is -2.21. The van der Waals surface area contributed by atoms with Crippen molar-refractivity contribution >= 4 is 26.7 Å². The van der Waals surface area contributed by atoms with Crippen molar-refractivity contribution in [3.05, 3.63) is 79.5 Å². The van der Waals surface area contributed by atoms with Gasteiger partial charge < -0.3 is 10.1 Å². The summed E-state index contributed by atoms with van der Waals surface area (Å²) in [7, 11) is 0. The average Bonchev–Trinajstić information content (AvgIpc) is 3.32. The molecule has 0 saturated heterocycles. The molecular formula is C28H25N5OS. The van der Waals surface area contributed by atoms with E-state index in [1.54, 1.807) is 29.9 Å². The monoisotopic (exact) mass is 479 g/mol. The third-order valence-corrected chi connectivity index (χ3v) is 7.25. The molecule has 0 unspecified atom stereocenters. The van der Waals surface area contributed by atoms with Crippen molar-refractivity contribution in [3.63, 3.8) is 0 Å². The highest BCUT2D eigenvalue weighted by Gasteiger charge is 2.16. The molecule has 6 nitrogen and oxygen atoms in total. The first kappa shape index (κ1) is 21.7. The molecule has 0 bridgehead atoms. The summed E-state index contributed by atoms with van der Waals surface area (Å²) >= 11 is 1.68. The highest BCUT2D eigenvalue weighted by atomic mass is 32.1. The lowest BCUT2D eigenvalue weighted by atomic mass is 9.96. The maximum atomic E-state index is 6.26. The average molecular weight is 480 g/mol. The number of hydrogen-bond acceptors (Lipinski definition) is 7. The van der Waals surface area contributed by atoms with Crippen LogP contribution in [0.4, 0.5) is 5.13 Å². The Morgan fingerprint density at radius 3 is 2.40 bits per heavy atom. The minimum absolute atomic E-state index is 0.537. The largest absolute Gasteiger partial charge is 0.456 e. The van der Waals surface area contributed by atoms with Gasteiger partial charge in [0.05, 0.1) is 22.1 Å². The molecule has 5 aromatic rings. The van der Waals surface area contributed by atoms with Gasteiger partial charge in [-0.3, -0.25) is 15.0 Å². The second-order valence-corrected chi connectivity index (χ2v) is 9.81.